The van der Waals surface area contributed by atoms with Crippen molar-refractivity contribution in [2.45, 2.75) is 6.92 Å². The number of benzene rings is 2. The molecule has 1 amide bonds. The second kappa shape index (κ2) is 8.30. The Labute approximate surface area is 157 Å². The van der Waals surface area contributed by atoms with E-state index in [0.29, 0.717) is 30.1 Å². The average molecular weight is 361 g/mol. The number of ether oxygens (including phenoxy) is 1. The largest absolute Gasteiger partial charge is 0.383 e. The zero-order valence-corrected chi connectivity index (χ0v) is 15.2. The summed E-state index contributed by atoms with van der Waals surface area (Å²) >= 11 is 0. The second-order valence-corrected chi connectivity index (χ2v) is 6.05. The molecule has 3 rings (SSSR count). The summed E-state index contributed by atoms with van der Waals surface area (Å²) in [6, 6.07) is 18.3. The number of anilines is 1. The zero-order chi connectivity index (χ0) is 19.2. The van der Waals surface area contributed by atoms with Gasteiger partial charge >= 0.3 is 0 Å². The van der Waals surface area contributed by atoms with Gasteiger partial charge in [0.15, 0.2) is 0 Å². The number of rotatable bonds is 6. The van der Waals surface area contributed by atoms with Crippen molar-refractivity contribution in [2.24, 2.45) is 0 Å². The van der Waals surface area contributed by atoms with Gasteiger partial charge in [-0.05, 0) is 31.2 Å². The van der Waals surface area contributed by atoms with Crippen molar-refractivity contribution in [3.8, 4) is 17.3 Å². The fourth-order valence-electron chi connectivity index (χ4n) is 2.62. The summed E-state index contributed by atoms with van der Waals surface area (Å²) in [5.74, 6) is -0.173. The van der Waals surface area contributed by atoms with E-state index >= 15 is 0 Å². The lowest BCUT2D eigenvalue weighted by molar-refractivity contribution is 0.0940. The van der Waals surface area contributed by atoms with Crippen LogP contribution in [0.4, 0.5) is 5.69 Å². The van der Waals surface area contributed by atoms with E-state index in [0.717, 1.165) is 11.1 Å². The fourth-order valence-corrected chi connectivity index (χ4v) is 2.62. The maximum atomic E-state index is 13.0. The SMILES string of the molecule is COCCN(C(=O)c1cc(-c2ccc(C)cc2)no1)c1ccc(C#N)cc1. The normalized spacial score (nSPS) is 10.4. The van der Waals surface area contributed by atoms with Gasteiger partial charge in [-0.25, -0.2) is 0 Å². The van der Waals surface area contributed by atoms with Crippen LogP contribution >= 0.6 is 0 Å². The minimum atomic E-state index is -0.317. The van der Waals surface area contributed by atoms with E-state index in [1.165, 1.54) is 0 Å². The Balaban J connectivity index is 1.87. The van der Waals surface area contributed by atoms with Gasteiger partial charge in [-0.15, -0.1) is 0 Å². The van der Waals surface area contributed by atoms with Crippen molar-refractivity contribution >= 4 is 11.6 Å². The summed E-state index contributed by atoms with van der Waals surface area (Å²) in [6.07, 6.45) is 0. The van der Waals surface area contributed by atoms with Crippen LogP contribution in [0.3, 0.4) is 0 Å². The molecule has 0 bridgehead atoms. The molecule has 0 aliphatic heterocycles. The maximum absolute atomic E-state index is 13.0. The molecule has 3 aromatic rings. The predicted octanol–water partition coefficient (Wildman–Crippen LogP) is 3.81. The van der Waals surface area contributed by atoms with Crippen LogP contribution in [0.5, 0.6) is 0 Å². The minimum Gasteiger partial charge on any atom is -0.383 e. The fraction of sp³-hybridized carbons (Fsp3) is 0.190. The van der Waals surface area contributed by atoms with Crippen LogP contribution in [0.1, 0.15) is 21.7 Å². The minimum absolute atomic E-state index is 0.144. The first-order valence-electron chi connectivity index (χ1n) is 8.47. The summed E-state index contributed by atoms with van der Waals surface area (Å²) in [5, 5.41) is 13.0. The molecule has 0 radical (unpaired) electrons. The number of nitriles is 1. The Kier molecular flexibility index (Phi) is 5.64. The molecular formula is C21H19N3O3. The van der Waals surface area contributed by atoms with Gasteiger partial charge in [0.05, 0.1) is 18.2 Å². The first-order valence-corrected chi connectivity index (χ1v) is 8.47. The molecule has 1 aromatic heterocycles. The second-order valence-electron chi connectivity index (χ2n) is 6.05. The predicted molar refractivity (Wildman–Crippen MR) is 101 cm³/mol. The first-order chi connectivity index (χ1) is 13.1. The molecule has 6 nitrogen and oxygen atoms in total. The number of methoxy groups -OCH3 is 1. The molecule has 0 aliphatic rings. The van der Waals surface area contributed by atoms with E-state index in [4.69, 9.17) is 14.5 Å². The first kappa shape index (κ1) is 18.4. The zero-order valence-electron chi connectivity index (χ0n) is 15.2. The summed E-state index contributed by atoms with van der Waals surface area (Å²) < 4.78 is 10.4. The van der Waals surface area contributed by atoms with Gasteiger partial charge in [0.25, 0.3) is 5.91 Å². The van der Waals surface area contributed by atoms with E-state index in [-0.39, 0.29) is 11.7 Å². The molecule has 2 aromatic carbocycles. The highest BCUT2D eigenvalue weighted by molar-refractivity contribution is 6.04. The van der Waals surface area contributed by atoms with Gasteiger partial charge in [0.2, 0.25) is 5.76 Å². The highest BCUT2D eigenvalue weighted by Crippen LogP contribution is 2.23. The van der Waals surface area contributed by atoms with Crippen LogP contribution in [-0.4, -0.2) is 31.3 Å². The quantitative estimate of drug-likeness (QED) is 0.667. The van der Waals surface area contributed by atoms with Crippen LogP contribution in [0.15, 0.2) is 59.1 Å². The Morgan fingerprint density at radius 2 is 1.89 bits per heavy atom. The van der Waals surface area contributed by atoms with Crippen molar-refractivity contribution in [2.75, 3.05) is 25.2 Å². The summed E-state index contributed by atoms with van der Waals surface area (Å²) in [7, 11) is 1.57. The van der Waals surface area contributed by atoms with Gasteiger partial charge < -0.3 is 14.2 Å². The molecule has 27 heavy (non-hydrogen) atoms. The molecule has 0 fully saturated rings. The maximum Gasteiger partial charge on any atom is 0.296 e. The van der Waals surface area contributed by atoms with E-state index in [9.17, 15) is 4.79 Å². The van der Waals surface area contributed by atoms with Crippen LogP contribution < -0.4 is 4.90 Å². The van der Waals surface area contributed by atoms with Crippen LogP contribution in [0, 0.1) is 18.3 Å². The molecule has 0 aliphatic carbocycles. The third kappa shape index (κ3) is 4.22. The highest BCUT2D eigenvalue weighted by atomic mass is 16.5. The molecule has 6 heteroatoms. The van der Waals surface area contributed by atoms with Gasteiger partial charge in [0, 0.05) is 31.0 Å². The monoisotopic (exact) mass is 361 g/mol. The van der Waals surface area contributed by atoms with Gasteiger partial charge in [-0.1, -0.05) is 35.0 Å². The lowest BCUT2D eigenvalue weighted by Gasteiger charge is -2.21. The molecule has 0 saturated heterocycles. The Morgan fingerprint density at radius 1 is 1.19 bits per heavy atom. The molecule has 0 N–H and O–H groups in total. The number of hydrogen-bond donors (Lipinski definition) is 0. The number of nitrogens with zero attached hydrogens (tertiary/aromatic N) is 3. The van der Waals surface area contributed by atoms with Crippen molar-refractivity contribution in [3.63, 3.8) is 0 Å². The van der Waals surface area contributed by atoms with E-state index in [1.54, 1.807) is 42.3 Å². The van der Waals surface area contributed by atoms with Crippen LogP contribution in [-0.2, 0) is 4.74 Å². The van der Waals surface area contributed by atoms with Gasteiger partial charge in [-0.3, -0.25) is 4.79 Å². The number of hydrogen-bond acceptors (Lipinski definition) is 5. The Hall–Kier alpha value is -3.43. The van der Waals surface area contributed by atoms with Gasteiger partial charge in [0.1, 0.15) is 5.69 Å². The molecule has 0 atom stereocenters. The lowest BCUT2D eigenvalue weighted by atomic mass is 10.1. The van der Waals surface area contributed by atoms with Crippen LogP contribution in [0.2, 0.25) is 0 Å². The van der Waals surface area contributed by atoms with Crippen molar-refractivity contribution in [3.05, 3.63) is 71.5 Å². The lowest BCUT2D eigenvalue weighted by Crippen LogP contribution is -2.33. The van der Waals surface area contributed by atoms with E-state index < -0.39 is 0 Å². The summed E-state index contributed by atoms with van der Waals surface area (Å²) in [5.41, 5.74) is 3.81. The Bertz CT molecular complexity index is 954. The molecule has 136 valence electrons. The number of aryl methyl sites for hydroxylation is 1. The molecule has 1 heterocycles. The average Bonchev–Trinajstić information content (AvgIpc) is 3.19. The third-order valence-electron chi connectivity index (χ3n) is 4.14. The van der Waals surface area contributed by atoms with Gasteiger partial charge in [-0.2, -0.15) is 5.26 Å². The van der Waals surface area contributed by atoms with E-state index in [2.05, 4.69) is 11.2 Å². The van der Waals surface area contributed by atoms with Crippen molar-refractivity contribution in [1.29, 1.82) is 5.26 Å². The topological polar surface area (TPSA) is 79.4 Å². The van der Waals surface area contributed by atoms with E-state index in [1.807, 2.05) is 31.2 Å². The Morgan fingerprint density at radius 3 is 2.52 bits per heavy atom. The molecule has 0 spiro atoms. The summed E-state index contributed by atoms with van der Waals surface area (Å²) in [6.45, 7) is 2.72. The number of carbonyl (C=O) groups excluding carboxylic acids is 1. The standard InChI is InChI=1S/C21H19N3O3/c1-15-3-7-17(8-4-15)19-13-20(27-23-19)21(25)24(11-12-26-2)18-9-5-16(14-22)6-10-18/h3-10,13H,11-12H2,1-2H3. The molecule has 0 unspecified atom stereocenters. The van der Waals surface area contributed by atoms with Crippen molar-refractivity contribution in [1.82, 2.24) is 5.16 Å². The number of amides is 1. The summed E-state index contributed by atoms with van der Waals surface area (Å²) in [4.78, 5) is 14.5. The van der Waals surface area contributed by atoms with Crippen LogP contribution in [0.25, 0.3) is 11.3 Å². The highest BCUT2D eigenvalue weighted by Gasteiger charge is 2.22. The third-order valence-corrected chi connectivity index (χ3v) is 4.14. The smallest absolute Gasteiger partial charge is 0.296 e. The number of aromatic nitrogens is 1. The number of carbonyl (C=O) groups is 1. The molecule has 0 saturated carbocycles. The molecular weight excluding hydrogens is 342 g/mol. The van der Waals surface area contributed by atoms with Crippen molar-refractivity contribution < 1.29 is 14.1 Å².